The molecule has 2 aliphatic rings. The Kier molecular flexibility index (Phi) is 9.18. The summed E-state index contributed by atoms with van der Waals surface area (Å²) in [4.78, 5) is 39.7. The van der Waals surface area contributed by atoms with Crippen molar-refractivity contribution in [3.8, 4) is 16.9 Å². The molecule has 3 aromatic carbocycles. The Hall–Kier alpha value is -4.74. The first-order valence-corrected chi connectivity index (χ1v) is 14.8. The second-order valence-corrected chi connectivity index (χ2v) is 11.3. The molecule has 4 atom stereocenters. The molecule has 0 spiro atoms. The summed E-state index contributed by atoms with van der Waals surface area (Å²) in [6, 6.07) is 9.88. The van der Waals surface area contributed by atoms with E-state index in [9.17, 15) is 36.3 Å². The van der Waals surface area contributed by atoms with Crippen LogP contribution in [0.25, 0.3) is 11.1 Å². The summed E-state index contributed by atoms with van der Waals surface area (Å²) in [7, 11) is 2.82. The van der Waals surface area contributed by atoms with Gasteiger partial charge in [-0.3, -0.25) is 14.4 Å². The molecule has 242 valence electrons. The second kappa shape index (κ2) is 12.9. The number of fused-ring (bicyclic) bond motifs is 2. The maximum atomic E-state index is 14.9. The van der Waals surface area contributed by atoms with E-state index < -0.39 is 53.1 Å². The van der Waals surface area contributed by atoms with E-state index >= 15 is 0 Å². The first kappa shape index (κ1) is 32.6. The molecule has 3 N–H and O–H groups in total. The van der Waals surface area contributed by atoms with Gasteiger partial charge in [-0.15, -0.1) is 0 Å². The molecule has 12 heteroatoms. The lowest BCUT2D eigenvalue weighted by molar-refractivity contribution is -0.140. The van der Waals surface area contributed by atoms with Crippen molar-refractivity contribution in [3.05, 3.63) is 94.6 Å². The summed E-state index contributed by atoms with van der Waals surface area (Å²) in [5.74, 6) is -4.79. The third-order valence-corrected chi connectivity index (χ3v) is 8.69. The minimum Gasteiger partial charge on any atom is -0.496 e. The number of halogens is 5. The van der Waals surface area contributed by atoms with Crippen LogP contribution >= 0.6 is 0 Å². The predicted octanol–water partition coefficient (Wildman–Crippen LogP) is 6.75. The zero-order valence-corrected chi connectivity index (χ0v) is 25.2. The number of ether oxygens (including phenoxy) is 1. The van der Waals surface area contributed by atoms with Crippen molar-refractivity contribution in [2.45, 2.75) is 38.4 Å². The van der Waals surface area contributed by atoms with Crippen LogP contribution in [0.5, 0.6) is 5.75 Å². The first-order chi connectivity index (χ1) is 21.9. The van der Waals surface area contributed by atoms with Crippen molar-refractivity contribution in [2.24, 2.45) is 17.8 Å². The highest BCUT2D eigenvalue weighted by molar-refractivity contribution is 6.00. The molecule has 2 fully saturated rings. The van der Waals surface area contributed by atoms with Gasteiger partial charge in [-0.2, -0.15) is 13.2 Å². The van der Waals surface area contributed by atoms with Gasteiger partial charge in [0.2, 0.25) is 5.91 Å². The van der Waals surface area contributed by atoms with Crippen molar-refractivity contribution in [2.75, 3.05) is 19.5 Å². The van der Waals surface area contributed by atoms with Crippen LogP contribution in [0.4, 0.5) is 27.6 Å². The second-order valence-electron chi connectivity index (χ2n) is 11.3. The summed E-state index contributed by atoms with van der Waals surface area (Å²) in [5.41, 5.74) is -0.0597. The Morgan fingerprint density at radius 1 is 0.935 bits per heavy atom. The maximum absolute atomic E-state index is 14.9. The van der Waals surface area contributed by atoms with Gasteiger partial charge >= 0.3 is 6.18 Å². The number of amides is 3. The zero-order valence-electron chi connectivity index (χ0n) is 25.2. The van der Waals surface area contributed by atoms with E-state index in [1.54, 1.807) is 6.07 Å². The van der Waals surface area contributed by atoms with Crippen LogP contribution in [0.2, 0.25) is 0 Å². The molecule has 0 radical (unpaired) electrons. The van der Waals surface area contributed by atoms with E-state index in [4.69, 9.17) is 4.74 Å². The highest BCUT2D eigenvalue weighted by Crippen LogP contribution is 2.53. The average Bonchev–Trinajstić information content (AvgIpc) is 3.55. The van der Waals surface area contributed by atoms with Gasteiger partial charge in [0.25, 0.3) is 11.8 Å². The molecular formula is C34H32F5N3O4. The predicted molar refractivity (Wildman–Crippen MR) is 161 cm³/mol. The van der Waals surface area contributed by atoms with Crippen LogP contribution in [0.1, 0.15) is 52.5 Å². The number of benzene rings is 3. The number of allylic oxidation sites excluding steroid dienone is 1. The number of anilines is 1. The van der Waals surface area contributed by atoms with Gasteiger partial charge in [-0.05, 0) is 79.3 Å². The number of rotatable bonds is 8. The van der Waals surface area contributed by atoms with E-state index in [1.165, 1.54) is 38.4 Å². The molecule has 3 amide bonds. The summed E-state index contributed by atoms with van der Waals surface area (Å²) < 4.78 is 74.2. The topological polar surface area (TPSA) is 96.5 Å². The molecule has 0 aliphatic heterocycles. The monoisotopic (exact) mass is 641 g/mol. The third-order valence-electron chi connectivity index (χ3n) is 8.69. The SMILES string of the molecule is CC/C=C1\C2CCC1[C@H](C(=O)Nc1ccc(F)c(C(F)(F)F)c1)[C@@H]2NC(=O)c1cc(-c2cc(C(=O)NC)ccc2F)ccc1OC. The van der Waals surface area contributed by atoms with Gasteiger partial charge in [-0.1, -0.05) is 24.6 Å². The lowest BCUT2D eigenvalue weighted by Gasteiger charge is -2.30. The van der Waals surface area contributed by atoms with Crippen LogP contribution in [0, 0.1) is 29.4 Å². The molecule has 3 aromatic rings. The van der Waals surface area contributed by atoms with E-state index in [-0.39, 0.29) is 40.0 Å². The van der Waals surface area contributed by atoms with Gasteiger partial charge in [0.15, 0.2) is 0 Å². The summed E-state index contributed by atoms with van der Waals surface area (Å²) >= 11 is 0. The van der Waals surface area contributed by atoms with Crippen molar-refractivity contribution in [1.82, 2.24) is 10.6 Å². The van der Waals surface area contributed by atoms with Gasteiger partial charge in [0.05, 0.1) is 24.2 Å². The lowest BCUT2D eigenvalue weighted by Crippen LogP contribution is -2.48. The smallest absolute Gasteiger partial charge is 0.419 e. The van der Waals surface area contributed by atoms with Gasteiger partial charge < -0.3 is 20.7 Å². The Bertz CT molecular complexity index is 1720. The largest absolute Gasteiger partial charge is 0.496 e. The van der Waals surface area contributed by atoms with E-state index in [0.717, 1.165) is 17.7 Å². The van der Waals surface area contributed by atoms with Crippen molar-refractivity contribution >= 4 is 23.4 Å². The van der Waals surface area contributed by atoms with E-state index in [2.05, 4.69) is 16.0 Å². The third kappa shape index (κ3) is 6.20. The normalized spacial score (nSPS) is 21.3. The highest BCUT2D eigenvalue weighted by Gasteiger charge is 2.54. The number of nitrogens with one attached hydrogen (secondary N) is 3. The number of alkyl halides is 3. The summed E-state index contributed by atoms with van der Waals surface area (Å²) in [5, 5.41) is 7.96. The summed E-state index contributed by atoms with van der Waals surface area (Å²) in [6.07, 6.45) is -0.920. The number of carbonyl (C=O) groups is 3. The van der Waals surface area contributed by atoms with Crippen molar-refractivity contribution in [3.63, 3.8) is 0 Å². The van der Waals surface area contributed by atoms with Crippen LogP contribution in [0.15, 0.2) is 66.2 Å². The van der Waals surface area contributed by atoms with Gasteiger partial charge in [0.1, 0.15) is 17.4 Å². The fraction of sp³-hybridized carbons (Fsp3) is 0.324. The molecule has 0 heterocycles. The Morgan fingerprint density at radius 2 is 1.65 bits per heavy atom. The molecule has 2 unspecified atom stereocenters. The molecule has 7 nitrogen and oxygen atoms in total. The quantitative estimate of drug-likeness (QED) is 0.187. The fourth-order valence-electron chi connectivity index (χ4n) is 6.68. The minimum atomic E-state index is -4.95. The highest BCUT2D eigenvalue weighted by atomic mass is 19.4. The van der Waals surface area contributed by atoms with Crippen LogP contribution in [-0.2, 0) is 11.0 Å². The number of hydrogen-bond donors (Lipinski definition) is 3. The Balaban J connectivity index is 1.47. The number of carbonyl (C=O) groups excluding carboxylic acids is 3. The molecule has 2 bridgehead atoms. The average molecular weight is 642 g/mol. The molecule has 2 saturated carbocycles. The molecule has 5 rings (SSSR count). The van der Waals surface area contributed by atoms with Crippen LogP contribution in [-0.4, -0.2) is 37.9 Å². The lowest BCUT2D eigenvalue weighted by atomic mass is 9.83. The van der Waals surface area contributed by atoms with Crippen LogP contribution < -0.4 is 20.7 Å². The maximum Gasteiger partial charge on any atom is 0.419 e. The van der Waals surface area contributed by atoms with Crippen molar-refractivity contribution < 1.29 is 41.1 Å². The number of methoxy groups -OCH3 is 1. The minimum absolute atomic E-state index is 0.0565. The first-order valence-electron chi connectivity index (χ1n) is 14.8. The Labute approximate surface area is 262 Å². The van der Waals surface area contributed by atoms with Gasteiger partial charge in [-0.25, -0.2) is 8.78 Å². The molecular weight excluding hydrogens is 609 g/mol. The molecule has 0 aromatic heterocycles. The van der Waals surface area contributed by atoms with Gasteiger partial charge in [0, 0.05) is 35.8 Å². The fourth-order valence-corrected chi connectivity index (χ4v) is 6.68. The number of hydrogen-bond acceptors (Lipinski definition) is 4. The summed E-state index contributed by atoms with van der Waals surface area (Å²) in [6.45, 7) is 1.94. The van der Waals surface area contributed by atoms with Crippen molar-refractivity contribution in [1.29, 1.82) is 0 Å². The van der Waals surface area contributed by atoms with E-state index in [0.29, 0.717) is 37.0 Å². The molecule has 2 aliphatic carbocycles. The molecule has 46 heavy (non-hydrogen) atoms. The standard InChI is InChI=1S/C34H32F5N3O4/c1-4-5-20-21-9-10-22(20)30(29(21)33(45)41-19-8-12-27(36)25(16-19)34(37,38)39)42-32(44)24-14-17(7-13-28(24)46-3)23-15-18(31(43)40-2)6-11-26(23)35/h5-8,11-16,21-22,29-30H,4,9-10H2,1-3H3,(H,40,43)(H,41,45)(H,42,44)/b20-5-/t21?,22?,29-,30+/m0/s1. The Morgan fingerprint density at radius 3 is 2.33 bits per heavy atom. The zero-order chi connectivity index (χ0) is 33.3. The van der Waals surface area contributed by atoms with E-state index in [1.807, 2.05) is 13.0 Å². The molecule has 0 saturated heterocycles. The van der Waals surface area contributed by atoms with Crippen LogP contribution in [0.3, 0.4) is 0 Å².